The molecule has 5 rings (SSSR count). The van der Waals surface area contributed by atoms with Crippen molar-refractivity contribution in [3.8, 4) is 0 Å². The van der Waals surface area contributed by atoms with Gasteiger partial charge in [0.15, 0.2) is 5.96 Å². The van der Waals surface area contributed by atoms with Crippen molar-refractivity contribution in [1.82, 2.24) is 10.2 Å². The van der Waals surface area contributed by atoms with Gasteiger partial charge in [0.2, 0.25) is 0 Å². The summed E-state index contributed by atoms with van der Waals surface area (Å²) >= 11 is 6.20. The number of benzene rings is 1. The summed E-state index contributed by atoms with van der Waals surface area (Å²) in [6.07, 6.45) is 5.95. The van der Waals surface area contributed by atoms with E-state index in [9.17, 15) is 0 Å². The van der Waals surface area contributed by atoms with Crippen LogP contribution in [0, 0.1) is 11.8 Å². The lowest BCUT2D eigenvalue weighted by Crippen LogP contribution is -2.44. The fourth-order valence-corrected chi connectivity index (χ4v) is 5.44. The number of hydrogen-bond donors (Lipinski definition) is 1. The van der Waals surface area contributed by atoms with Crippen LogP contribution in [0.2, 0.25) is 5.02 Å². The second-order valence-electron chi connectivity index (χ2n) is 8.21. The monoisotopic (exact) mass is 487 g/mol. The molecule has 4 atom stereocenters. The number of rotatable bonds is 3. The van der Waals surface area contributed by atoms with E-state index in [0.717, 1.165) is 30.6 Å². The smallest absolute Gasteiger partial charge is 0.193 e. The molecule has 1 aromatic carbocycles. The van der Waals surface area contributed by atoms with E-state index in [1.54, 1.807) is 0 Å². The third-order valence-corrected chi connectivity index (χ3v) is 7.07. The Hall–Kier alpha value is -0.530. The van der Waals surface area contributed by atoms with Crippen molar-refractivity contribution in [3.05, 3.63) is 34.9 Å². The van der Waals surface area contributed by atoms with Gasteiger partial charge in [0.1, 0.15) is 0 Å². The molecule has 1 saturated carbocycles. The standard InChI is InChI=1S/C20H26ClN3O.HI/c1-22-19(24-10-15-16(11-24)18-6-5-17(15)25-18)23-12-20(7-8-20)13-3-2-4-14(21)9-13;/h2-4,9,15-18H,5-8,10-12H2,1H3,(H,22,23);1H. The Bertz CT molecular complexity index is 690. The molecule has 4 unspecified atom stereocenters. The fourth-order valence-electron chi connectivity index (χ4n) is 5.25. The average molecular weight is 488 g/mol. The SMILES string of the molecule is CN=C(NCC1(c2cccc(Cl)c2)CC1)N1CC2C3CCC(O3)C2C1.I. The maximum absolute atomic E-state index is 6.20. The summed E-state index contributed by atoms with van der Waals surface area (Å²) in [6.45, 7) is 3.13. The lowest BCUT2D eigenvalue weighted by Gasteiger charge is -2.26. The van der Waals surface area contributed by atoms with Crippen molar-refractivity contribution in [2.24, 2.45) is 16.8 Å². The van der Waals surface area contributed by atoms with E-state index >= 15 is 0 Å². The zero-order valence-corrected chi connectivity index (χ0v) is 18.2. The predicted octanol–water partition coefficient (Wildman–Crippen LogP) is 3.67. The molecule has 1 aromatic rings. The summed E-state index contributed by atoms with van der Waals surface area (Å²) < 4.78 is 6.09. The summed E-state index contributed by atoms with van der Waals surface area (Å²) in [4.78, 5) is 7.03. The van der Waals surface area contributed by atoms with Gasteiger partial charge in [-0.3, -0.25) is 4.99 Å². The first-order valence-corrected chi connectivity index (χ1v) is 9.93. The van der Waals surface area contributed by atoms with Crippen molar-refractivity contribution < 1.29 is 4.74 Å². The lowest BCUT2D eigenvalue weighted by molar-refractivity contribution is 0.0767. The van der Waals surface area contributed by atoms with E-state index in [-0.39, 0.29) is 29.4 Å². The lowest BCUT2D eigenvalue weighted by atomic mass is 9.82. The first-order valence-electron chi connectivity index (χ1n) is 9.56. The molecule has 0 radical (unpaired) electrons. The van der Waals surface area contributed by atoms with Crippen LogP contribution in [0.4, 0.5) is 0 Å². The van der Waals surface area contributed by atoms with Crippen LogP contribution in [0.15, 0.2) is 29.3 Å². The molecular weight excluding hydrogens is 461 g/mol. The minimum atomic E-state index is 0. The molecule has 3 saturated heterocycles. The molecule has 0 spiro atoms. The van der Waals surface area contributed by atoms with Crippen LogP contribution in [-0.2, 0) is 10.2 Å². The fraction of sp³-hybridized carbons (Fsp3) is 0.650. The number of nitrogens with one attached hydrogen (secondary N) is 1. The number of guanidine groups is 1. The number of fused-ring (bicyclic) bond motifs is 5. The maximum Gasteiger partial charge on any atom is 0.193 e. The summed E-state index contributed by atoms with van der Waals surface area (Å²) in [5.74, 6) is 2.47. The highest BCUT2D eigenvalue weighted by Crippen LogP contribution is 2.49. The molecule has 4 aliphatic rings. The summed E-state index contributed by atoms with van der Waals surface area (Å²) in [5.41, 5.74) is 1.59. The Morgan fingerprint density at radius 1 is 1.27 bits per heavy atom. The van der Waals surface area contributed by atoms with E-state index in [1.807, 2.05) is 13.1 Å². The zero-order valence-electron chi connectivity index (χ0n) is 15.2. The number of halogens is 2. The number of nitrogens with zero attached hydrogens (tertiary/aromatic N) is 2. The van der Waals surface area contributed by atoms with Crippen molar-refractivity contribution in [2.75, 3.05) is 26.7 Å². The summed E-state index contributed by atoms with van der Waals surface area (Å²) in [6, 6.07) is 8.34. The third kappa shape index (κ3) is 3.14. The predicted molar refractivity (Wildman–Crippen MR) is 116 cm³/mol. The van der Waals surface area contributed by atoms with E-state index in [2.05, 4.69) is 33.4 Å². The van der Waals surface area contributed by atoms with Gasteiger partial charge in [-0.1, -0.05) is 23.7 Å². The molecule has 2 bridgehead atoms. The van der Waals surface area contributed by atoms with Gasteiger partial charge in [0.25, 0.3) is 0 Å². The van der Waals surface area contributed by atoms with E-state index < -0.39 is 0 Å². The number of likely N-dealkylation sites (tertiary alicyclic amines) is 1. The molecule has 1 aliphatic carbocycles. The maximum atomic E-state index is 6.20. The van der Waals surface area contributed by atoms with Crippen molar-refractivity contribution in [3.63, 3.8) is 0 Å². The summed E-state index contributed by atoms with van der Waals surface area (Å²) in [5, 5.41) is 4.49. The van der Waals surface area contributed by atoms with Gasteiger partial charge < -0.3 is 15.0 Å². The molecule has 142 valence electrons. The van der Waals surface area contributed by atoms with Gasteiger partial charge in [0, 0.05) is 49.0 Å². The van der Waals surface area contributed by atoms with Gasteiger partial charge in [-0.25, -0.2) is 0 Å². The first-order chi connectivity index (χ1) is 12.2. The zero-order chi connectivity index (χ0) is 17.0. The molecule has 26 heavy (non-hydrogen) atoms. The highest BCUT2D eigenvalue weighted by molar-refractivity contribution is 14.0. The van der Waals surface area contributed by atoms with Crippen LogP contribution in [-0.4, -0.2) is 49.7 Å². The molecule has 3 aliphatic heterocycles. The highest BCUT2D eigenvalue weighted by atomic mass is 127. The van der Waals surface area contributed by atoms with Crippen LogP contribution in [0.1, 0.15) is 31.2 Å². The Morgan fingerprint density at radius 2 is 1.96 bits per heavy atom. The van der Waals surface area contributed by atoms with Crippen LogP contribution in [0.5, 0.6) is 0 Å². The van der Waals surface area contributed by atoms with Gasteiger partial charge >= 0.3 is 0 Å². The molecule has 0 aromatic heterocycles. The number of hydrogen-bond acceptors (Lipinski definition) is 2. The Labute approximate surface area is 177 Å². The van der Waals surface area contributed by atoms with Gasteiger partial charge in [-0.05, 0) is 43.4 Å². The normalized spacial score (nSPS) is 33.8. The molecule has 6 heteroatoms. The highest BCUT2D eigenvalue weighted by Gasteiger charge is 2.53. The van der Waals surface area contributed by atoms with Crippen molar-refractivity contribution in [1.29, 1.82) is 0 Å². The van der Waals surface area contributed by atoms with E-state index in [0.29, 0.717) is 24.0 Å². The minimum Gasteiger partial charge on any atom is -0.374 e. The van der Waals surface area contributed by atoms with Crippen LogP contribution in [0.3, 0.4) is 0 Å². The van der Waals surface area contributed by atoms with E-state index in [4.69, 9.17) is 16.3 Å². The van der Waals surface area contributed by atoms with Gasteiger partial charge in [-0.2, -0.15) is 0 Å². The molecule has 1 N–H and O–H groups in total. The van der Waals surface area contributed by atoms with Crippen LogP contribution in [0.25, 0.3) is 0 Å². The average Bonchev–Trinajstić information content (AvgIpc) is 2.97. The molecule has 0 amide bonds. The largest absolute Gasteiger partial charge is 0.374 e. The van der Waals surface area contributed by atoms with E-state index in [1.165, 1.54) is 31.2 Å². The number of ether oxygens (including phenoxy) is 1. The van der Waals surface area contributed by atoms with Gasteiger partial charge in [0.05, 0.1) is 12.2 Å². The minimum absolute atomic E-state index is 0. The van der Waals surface area contributed by atoms with Crippen LogP contribution < -0.4 is 5.32 Å². The second-order valence-corrected chi connectivity index (χ2v) is 8.65. The molecular formula is C20H27ClIN3O. The van der Waals surface area contributed by atoms with Crippen LogP contribution >= 0.6 is 35.6 Å². The molecule has 3 heterocycles. The Morgan fingerprint density at radius 3 is 2.54 bits per heavy atom. The van der Waals surface area contributed by atoms with Crippen molar-refractivity contribution in [2.45, 2.75) is 43.3 Å². The topological polar surface area (TPSA) is 36.9 Å². The second kappa shape index (κ2) is 7.13. The first kappa shape index (κ1) is 18.8. The molecule has 4 nitrogen and oxygen atoms in total. The Kier molecular flexibility index (Phi) is 5.16. The Balaban J connectivity index is 0.00000168. The van der Waals surface area contributed by atoms with Crippen molar-refractivity contribution >= 4 is 41.5 Å². The third-order valence-electron chi connectivity index (χ3n) is 6.84. The molecule has 4 fully saturated rings. The summed E-state index contributed by atoms with van der Waals surface area (Å²) in [7, 11) is 1.90. The van der Waals surface area contributed by atoms with Gasteiger partial charge in [-0.15, -0.1) is 24.0 Å². The number of aliphatic imine (C=N–C) groups is 1. The quantitative estimate of drug-likeness (QED) is 0.402.